The number of benzene rings is 2. The number of hydrogen-bond acceptors (Lipinski definition) is 8. The van der Waals surface area contributed by atoms with Crippen molar-refractivity contribution in [1.82, 2.24) is 25.1 Å². The van der Waals surface area contributed by atoms with E-state index < -0.39 is 0 Å². The third-order valence-electron chi connectivity index (χ3n) is 7.94. The van der Waals surface area contributed by atoms with Crippen LogP contribution in [0.5, 0.6) is 11.8 Å². The average molecular weight is 545 g/mol. The number of amides is 1. The molecule has 6 rings (SSSR count). The third kappa shape index (κ3) is 6.05. The van der Waals surface area contributed by atoms with Gasteiger partial charge in [-0.15, -0.1) is 0 Å². The second-order valence-corrected chi connectivity index (χ2v) is 11.4. The van der Waals surface area contributed by atoms with Gasteiger partial charge in [-0.2, -0.15) is 4.98 Å². The maximum Gasteiger partial charge on any atom is 0.316 e. The highest BCUT2D eigenvalue weighted by atomic mass is 16.5. The molecule has 1 aromatic heterocycles. The zero-order valence-electron chi connectivity index (χ0n) is 23.8. The smallest absolute Gasteiger partial charge is 0.316 e. The van der Waals surface area contributed by atoms with E-state index >= 15 is 0 Å². The van der Waals surface area contributed by atoms with Crippen molar-refractivity contribution < 1.29 is 14.6 Å². The van der Waals surface area contributed by atoms with E-state index in [1.807, 2.05) is 42.2 Å². The molecule has 40 heavy (non-hydrogen) atoms. The molecule has 3 aliphatic heterocycles. The summed E-state index contributed by atoms with van der Waals surface area (Å²) in [6.07, 6.45) is 3.21. The van der Waals surface area contributed by atoms with Gasteiger partial charge < -0.3 is 29.9 Å². The number of aryl methyl sites for hydroxylation is 1. The maximum atomic E-state index is 11.0. The molecular weight excluding hydrogens is 504 g/mol. The number of ether oxygens (including phenoxy) is 1. The lowest BCUT2D eigenvalue weighted by molar-refractivity contribution is -0.141. The van der Waals surface area contributed by atoms with Crippen LogP contribution in [0.1, 0.15) is 23.4 Å². The Morgan fingerprint density at radius 2 is 2.00 bits per heavy atom. The molecular formula is C31H40N6O3. The number of aromatic hydroxyl groups is 1. The molecule has 4 heterocycles. The average Bonchev–Trinajstić information content (AvgIpc) is 2.89. The summed E-state index contributed by atoms with van der Waals surface area (Å²) in [5, 5.41) is 15.6. The molecule has 0 saturated carbocycles. The van der Waals surface area contributed by atoms with Gasteiger partial charge in [0.2, 0.25) is 5.91 Å². The number of rotatable bonds is 7. The van der Waals surface area contributed by atoms with Crippen molar-refractivity contribution >= 4 is 22.4 Å². The minimum Gasteiger partial charge on any atom is -0.508 e. The largest absolute Gasteiger partial charge is 0.508 e. The van der Waals surface area contributed by atoms with Gasteiger partial charge in [0, 0.05) is 67.5 Å². The summed E-state index contributed by atoms with van der Waals surface area (Å²) in [6, 6.07) is 12.3. The van der Waals surface area contributed by atoms with E-state index in [0.717, 1.165) is 80.0 Å². The Bertz CT molecular complexity index is 1380. The zero-order chi connectivity index (χ0) is 28.3. The van der Waals surface area contributed by atoms with Crippen LogP contribution in [0, 0.1) is 12.3 Å². The molecule has 2 aromatic carbocycles. The molecule has 1 amide bonds. The Kier molecular flexibility index (Phi) is 8.23. The van der Waals surface area contributed by atoms with Gasteiger partial charge in [-0.1, -0.05) is 30.8 Å². The number of likely N-dealkylation sites (tertiary alicyclic amines) is 1. The van der Waals surface area contributed by atoms with Gasteiger partial charge in [0.15, 0.2) is 0 Å². The molecule has 1 spiro atoms. The van der Waals surface area contributed by atoms with Crippen LogP contribution in [0.4, 0.5) is 5.69 Å². The van der Waals surface area contributed by atoms with Crippen LogP contribution in [0.15, 0.2) is 49.1 Å². The summed E-state index contributed by atoms with van der Waals surface area (Å²) in [4.78, 5) is 26.6. The third-order valence-corrected chi connectivity index (χ3v) is 7.94. The monoisotopic (exact) mass is 544 g/mol. The molecule has 2 saturated heterocycles. The number of hydrogen-bond donors (Lipinski definition) is 2. The molecule has 0 atom stereocenters. The van der Waals surface area contributed by atoms with Crippen molar-refractivity contribution in [2.45, 2.75) is 26.3 Å². The summed E-state index contributed by atoms with van der Waals surface area (Å²) in [6.45, 7) is 12.6. The fraction of sp³-hybridized carbons (Fsp3) is 0.452. The van der Waals surface area contributed by atoms with Crippen LogP contribution in [-0.2, 0) is 17.8 Å². The van der Waals surface area contributed by atoms with Crippen molar-refractivity contribution in [2.75, 3.05) is 64.9 Å². The van der Waals surface area contributed by atoms with Crippen LogP contribution in [0.2, 0.25) is 0 Å². The van der Waals surface area contributed by atoms with Crippen LogP contribution in [0.25, 0.3) is 10.8 Å². The van der Waals surface area contributed by atoms with Gasteiger partial charge in [-0.3, -0.25) is 4.79 Å². The first-order valence-corrected chi connectivity index (χ1v) is 14.0. The van der Waals surface area contributed by atoms with E-state index in [9.17, 15) is 9.90 Å². The van der Waals surface area contributed by atoms with Crippen molar-refractivity contribution in [2.24, 2.45) is 5.41 Å². The van der Waals surface area contributed by atoms with E-state index in [1.165, 1.54) is 11.6 Å². The number of anilines is 1. The Hall–Kier alpha value is -3.69. The lowest BCUT2D eigenvalue weighted by Gasteiger charge is -2.55. The molecule has 9 heteroatoms. The normalized spacial score (nSPS) is 17.0. The zero-order valence-corrected chi connectivity index (χ0v) is 23.8. The van der Waals surface area contributed by atoms with E-state index in [4.69, 9.17) is 9.72 Å². The van der Waals surface area contributed by atoms with Gasteiger partial charge in [0.25, 0.3) is 0 Å². The summed E-state index contributed by atoms with van der Waals surface area (Å²) >= 11 is 0. The van der Waals surface area contributed by atoms with Crippen molar-refractivity contribution in [3.05, 3.63) is 66.0 Å². The van der Waals surface area contributed by atoms with Crippen molar-refractivity contribution in [3.8, 4) is 11.8 Å². The molecule has 0 bridgehead atoms. The number of fused-ring (bicyclic) bond motifs is 2. The molecule has 0 radical (unpaired) electrons. The Morgan fingerprint density at radius 1 is 1.23 bits per heavy atom. The quantitative estimate of drug-likeness (QED) is 0.346. The van der Waals surface area contributed by atoms with Crippen LogP contribution in [-0.4, -0.2) is 90.8 Å². The standard InChI is InChI=1S/C23H28N4O2.C8H12N2O/c1-16-19-9-11-27(22-14-18(28)13-17-7-4-5-8-20(17)22)15-21(19)25-23(24-16)29-12-6-10-26(2)3;1-2-7(11)10-5-8(6-10)3-9-4-8/h4-5,7-8,13-14,28H,6,9-12,15H2,1-3H3;2,9H,1,3-6H2. The first-order valence-electron chi connectivity index (χ1n) is 14.0. The molecule has 2 fully saturated rings. The predicted molar refractivity (Wildman–Crippen MR) is 158 cm³/mol. The Balaban J connectivity index is 0.000000244. The van der Waals surface area contributed by atoms with Crippen LogP contribution < -0.4 is 15.0 Å². The van der Waals surface area contributed by atoms with Gasteiger partial charge in [-0.25, -0.2) is 4.98 Å². The van der Waals surface area contributed by atoms with Gasteiger partial charge in [0.05, 0.1) is 18.8 Å². The van der Waals surface area contributed by atoms with Gasteiger partial charge in [-0.05, 0) is 57.0 Å². The minimum atomic E-state index is 0.0718. The fourth-order valence-corrected chi connectivity index (χ4v) is 5.69. The van der Waals surface area contributed by atoms with E-state index in [-0.39, 0.29) is 11.7 Å². The lowest BCUT2D eigenvalue weighted by atomic mass is 9.74. The molecule has 0 unspecified atom stereocenters. The highest BCUT2D eigenvalue weighted by molar-refractivity contribution is 5.95. The number of aromatic nitrogens is 2. The van der Waals surface area contributed by atoms with Crippen molar-refractivity contribution in [1.29, 1.82) is 0 Å². The highest BCUT2D eigenvalue weighted by Gasteiger charge is 2.48. The number of nitrogens with one attached hydrogen (secondary N) is 1. The number of carbonyl (C=O) groups is 1. The van der Waals surface area contributed by atoms with Gasteiger partial charge >= 0.3 is 6.01 Å². The minimum absolute atomic E-state index is 0.0718. The van der Waals surface area contributed by atoms with E-state index in [0.29, 0.717) is 24.6 Å². The number of nitrogens with zero attached hydrogens (tertiary/aromatic N) is 5. The fourth-order valence-electron chi connectivity index (χ4n) is 5.69. The SMILES string of the molecule is C=CC(=O)N1CC2(CNC2)C1.Cc1nc(OCCCN(C)C)nc2c1CCN(c1cc(O)cc3ccccc13)C2. The summed E-state index contributed by atoms with van der Waals surface area (Å²) in [5.41, 5.74) is 4.71. The summed E-state index contributed by atoms with van der Waals surface area (Å²) < 4.78 is 5.83. The van der Waals surface area contributed by atoms with Gasteiger partial charge in [0.1, 0.15) is 5.75 Å². The Labute approximate surface area is 236 Å². The first-order chi connectivity index (χ1) is 19.3. The number of phenolic OH excluding ortho intramolecular Hbond substituents is 1. The Morgan fingerprint density at radius 3 is 2.70 bits per heavy atom. The van der Waals surface area contributed by atoms with E-state index in [2.05, 4.69) is 46.8 Å². The number of phenols is 1. The van der Waals surface area contributed by atoms with Crippen LogP contribution in [0.3, 0.4) is 0 Å². The summed E-state index contributed by atoms with van der Waals surface area (Å²) in [5.74, 6) is 0.357. The predicted octanol–water partition coefficient (Wildman–Crippen LogP) is 3.14. The lowest BCUT2D eigenvalue weighted by Crippen LogP contribution is -2.71. The van der Waals surface area contributed by atoms with Crippen molar-refractivity contribution in [3.63, 3.8) is 0 Å². The molecule has 0 aliphatic carbocycles. The second kappa shape index (κ2) is 11.8. The molecule has 212 valence electrons. The topological polar surface area (TPSA) is 94.1 Å². The molecule has 2 N–H and O–H groups in total. The molecule has 9 nitrogen and oxygen atoms in total. The first kappa shape index (κ1) is 27.9. The number of carbonyl (C=O) groups excluding carboxylic acids is 1. The second-order valence-electron chi connectivity index (χ2n) is 11.4. The highest BCUT2D eigenvalue weighted by Crippen LogP contribution is 2.35. The molecule has 3 aromatic rings. The molecule has 3 aliphatic rings. The van der Waals surface area contributed by atoms with E-state index in [1.54, 1.807) is 0 Å². The van der Waals surface area contributed by atoms with Crippen LogP contribution >= 0.6 is 0 Å². The maximum absolute atomic E-state index is 11.0. The summed E-state index contributed by atoms with van der Waals surface area (Å²) in [7, 11) is 4.11.